The molecule has 1 aromatic heterocycles. The number of carbonyl (C=O) groups excluding carboxylic acids is 1. The zero-order valence-corrected chi connectivity index (χ0v) is 13.6. The van der Waals surface area contributed by atoms with E-state index in [9.17, 15) is 19.5 Å². The highest BCUT2D eigenvalue weighted by Gasteiger charge is 2.36. The average molecular weight is 329 g/mol. The molecule has 0 bridgehead atoms. The molecule has 1 aliphatic rings. The highest BCUT2D eigenvalue weighted by molar-refractivity contribution is 6.06. The molecule has 1 saturated heterocycles. The highest BCUT2D eigenvalue weighted by atomic mass is 16.4. The van der Waals surface area contributed by atoms with Gasteiger partial charge in [-0.3, -0.25) is 9.59 Å². The smallest absolute Gasteiger partial charge is 0.326 e. The van der Waals surface area contributed by atoms with E-state index in [1.807, 2.05) is 13.8 Å². The van der Waals surface area contributed by atoms with Crippen LogP contribution >= 0.6 is 0 Å². The fourth-order valence-corrected chi connectivity index (χ4v) is 3.12. The topological polar surface area (TPSA) is 92.5 Å². The Morgan fingerprint density at radius 1 is 1.25 bits per heavy atom. The van der Waals surface area contributed by atoms with Gasteiger partial charge in [0.2, 0.25) is 0 Å². The van der Waals surface area contributed by atoms with Gasteiger partial charge in [-0.1, -0.05) is 18.2 Å². The molecule has 3 rings (SSSR count). The number of rotatable bonds is 3. The zero-order chi connectivity index (χ0) is 17.4. The first-order valence-electron chi connectivity index (χ1n) is 7.97. The van der Waals surface area contributed by atoms with Crippen LogP contribution in [0.4, 0.5) is 0 Å². The lowest BCUT2D eigenvalue weighted by Gasteiger charge is -2.22. The number of amides is 1. The molecule has 0 aliphatic carbocycles. The Labute approximate surface area is 138 Å². The lowest BCUT2D eigenvalue weighted by Crippen LogP contribution is -2.41. The molecule has 0 unspecified atom stereocenters. The van der Waals surface area contributed by atoms with Crippen molar-refractivity contribution < 1.29 is 14.7 Å². The van der Waals surface area contributed by atoms with Gasteiger partial charge in [0, 0.05) is 11.9 Å². The Balaban J connectivity index is 2.18. The quantitative estimate of drug-likeness (QED) is 0.924. The van der Waals surface area contributed by atoms with Crippen LogP contribution in [-0.2, 0) is 4.79 Å². The molecule has 1 aliphatic heterocycles. The molecule has 0 saturated carbocycles. The maximum absolute atomic E-state index is 12.9. The molecule has 1 aromatic carbocycles. The van der Waals surface area contributed by atoms with Crippen LogP contribution in [0.15, 0.2) is 29.1 Å². The maximum Gasteiger partial charge on any atom is 0.326 e. The number of carboxylic acids is 1. The van der Waals surface area contributed by atoms with Crippen LogP contribution in [0.2, 0.25) is 0 Å². The van der Waals surface area contributed by atoms with Crippen molar-refractivity contribution in [3.05, 3.63) is 40.3 Å². The standard InChI is InChI=1S/C17H19N3O4/c1-10(2)20-15(21)12-7-4-3-6-11(12)14(18-20)16(22)19-9-5-8-13(19)17(23)24/h3-4,6-7,10,13H,5,8-9H2,1-2H3,(H,23,24)/t13-/m0/s1. The van der Waals surface area contributed by atoms with E-state index >= 15 is 0 Å². The molecule has 1 atom stereocenters. The van der Waals surface area contributed by atoms with E-state index in [1.165, 1.54) is 9.58 Å². The molecule has 1 fully saturated rings. The average Bonchev–Trinajstić information content (AvgIpc) is 3.04. The van der Waals surface area contributed by atoms with Crippen molar-refractivity contribution in [3.8, 4) is 0 Å². The molecule has 0 spiro atoms. The molecule has 2 heterocycles. The summed E-state index contributed by atoms with van der Waals surface area (Å²) in [5.74, 6) is -1.45. The van der Waals surface area contributed by atoms with Crippen LogP contribution in [0.3, 0.4) is 0 Å². The van der Waals surface area contributed by atoms with E-state index in [0.717, 1.165) is 0 Å². The third-order valence-corrected chi connectivity index (χ3v) is 4.32. The minimum absolute atomic E-state index is 0.132. The molecular weight excluding hydrogens is 310 g/mol. The number of nitrogens with zero attached hydrogens (tertiary/aromatic N) is 3. The van der Waals surface area contributed by atoms with Crippen molar-refractivity contribution in [3.63, 3.8) is 0 Å². The van der Waals surface area contributed by atoms with E-state index in [4.69, 9.17) is 0 Å². The van der Waals surface area contributed by atoms with Gasteiger partial charge in [-0.25, -0.2) is 9.48 Å². The van der Waals surface area contributed by atoms with E-state index in [-0.39, 0.29) is 17.3 Å². The molecule has 0 radical (unpaired) electrons. The predicted molar refractivity (Wildman–Crippen MR) is 88.1 cm³/mol. The second-order valence-electron chi connectivity index (χ2n) is 6.23. The summed E-state index contributed by atoms with van der Waals surface area (Å²) in [6.45, 7) is 4.01. The van der Waals surface area contributed by atoms with Crippen molar-refractivity contribution >= 4 is 22.6 Å². The summed E-state index contributed by atoms with van der Waals surface area (Å²) >= 11 is 0. The van der Waals surface area contributed by atoms with Gasteiger partial charge in [0.15, 0.2) is 5.69 Å². The third-order valence-electron chi connectivity index (χ3n) is 4.32. The number of hydrogen-bond acceptors (Lipinski definition) is 4. The van der Waals surface area contributed by atoms with E-state index < -0.39 is 17.9 Å². The predicted octanol–water partition coefficient (Wildman–Crippen LogP) is 1.67. The summed E-state index contributed by atoms with van der Waals surface area (Å²) in [5, 5.41) is 14.4. The first-order chi connectivity index (χ1) is 11.4. The Morgan fingerprint density at radius 2 is 1.92 bits per heavy atom. The second kappa shape index (κ2) is 6.07. The summed E-state index contributed by atoms with van der Waals surface area (Å²) < 4.78 is 1.28. The second-order valence-corrected chi connectivity index (χ2v) is 6.23. The fourth-order valence-electron chi connectivity index (χ4n) is 3.12. The van der Waals surface area contributed by atoms with Gasteiger partial charge in [0.05, 0.1) is 11.4 Å². The van der Waals surface area contributed by atoms with Gasteiger partial charge < -0.3 is 10.0 Å². The number of aromatic nitrogens is 2. The van der Waals surface area contributed by atoms with Crippen LogP contribution in [-0.4, -0.2) is 44.3 Å². The van der Waals surface area contributed by atoms with Crippen molar-refractivity contribution in [1.29, 1.82) is 0 Å². The molecule has 7 heteroatoms. The molecule has 24 heavy (non-hydrogen) atoms. The molecule has 2 aromatic rings. The van der Waals surface area contributed by atoms with E-state index in [0.29, 0.717) is 30.2 Å². The zero-order valence-electron chi connectivity index (χ0n) is 13.6. The summed E-state index contributed by atoms with van der Waals surface area (Å²) in [5.41, 5.74) is -0.125. The van der Waals surface area contributed by atoms with Crippen LogP contribution in [0, 0.1) is 0 Å². The van der Waals surface area contributed by atoms with Crippen LogP contribution in [0.1, 0.15) is 43.2 Å². The minimum atomic E-state index is -1.01. The monoisotopic (exact) mass is 329 g/mol. The van der Waals surface area contributed by atoms with Crippen LogP contribution < -0.4 is 5.56 Å². The fraction of sp³-hybridized carbons (Fsp3) is 0.412. The number of carboxylic acid groups (broad SMARTS) is 1. The van der Waals surface area contributed by atoms with Gasteiger partial charge in [-0.2, -0.15) is 5.10 Å². The lowest BCUT2D eigenvalue weighted by atomic mass is 10.1. The van der Waals surface area contributed by atoms with Crippen molar-refractivity contribution in [1.82, 2.24) is 14.7 Å². The summed E-state index contributed by atoms with van der Waals surface area (Å²) in [7, 11) is 0. The Morgan fingerprint density at radius 3 is 2.54 bits per heavy atom. The summed E-state index contributed by atoms with van der Waals surface area (Å²) in [4.78, 5) is 38.2. The van der Waals surface area contributed by atoms with Gasteiger partial charge in [0.1, 0.15) is 6.04 Å². The number of likely N-dealkylation sites (tertiary alicyclic amines) is 1. The van der Waals surface area contributed by atoms with Crippen LogP contribution in [0.5, 0.6) is 0 Å². The first-order valence-corrected chi connectivity index (χ1v) is 7.97. The van der Waals surface area contributed by atoms with Crippen molar-refractivity contribution in [2.45, 2.75) is 38.8 Å². The number of fused-ring (bicyclic) bond motifs is 1. The van der Waals surface area contributed by atoms with E-state index in [1.54, 1.807) is 24.3 Å². The number of hydrogen-bond donors (Lipinski definition) is 1. The number of aliphatic carboxylic acids is 1. The molecule has 1 N–H and O–H groups in total. The van der Waals surface area contributed by atoms with Gasteiger partial charge >= 0.3 is 5.97 Å². The Kier molecular flexibility index (Phi) is 4.09. The summed E-state index contributed by atoms with van der Waals surface area (Å²) in [6, 6.07) is 5.76. The summed E-state index contributed by atoms with van der Waals surface area (Å²) in [6.07, 6.45) is 1.08. The lowest BCUT2D eigenvalue weighted by molar-refractivity contribution is -0.141. The number of carbonyl (C=O) groups is 2. The molecule has 7 nitrogen and oxygen atoms in total. The van der Waals surface area contributed by atoms with Gasteiger partial charge in [-0.05, 0) is 32.8 Å². The SMILES string of the molecule is CC(C)n1nc(C(=O)N2CCC[C@H]2C(=O)O)c2ccccc2c1=O. The van der Waals surface area contributed by atoms with Gasteiger partial charge in [0.25, 0.3) is 11.5 Å². The first kappa shape index (κ1) is 16.2. The van der Waals surface area contributed by atoms with Crippen LogP contribution in [0.25, 0.3) is 10.8 Å². The molecule has 126 valence electrons. The normalized spacial score (nSPS) is 17.6. The van der Waals surface area contributed by atoms with Crippen molar-refractivity contribution in [2.24, 2.45) is 0 Å². The Bertz CT molecular complexity index is 872. The van der Waals surface area contributed by atoms with Gasteiger partial charge in [-0.15, -0.1) is 0 Å². The Hall–Kier alpha value is -2.70. The highest BCUT2D eigenvalue weighted by Crippen LogP contribution is 2.23. The maximum atomic E-state index is 12.9. The van der Waals surface area contributed by atoms with E-state index in [2.05, 4.69) is 5.10 Å². The third kappa shape index (κ3) is 2.55. The molecular formula is C17H19N3O4. The molecule has 1 amide bonds. The minimum Gasteiger partial charge on any atom is -0.480 e. The largest absolute Gasteiger partial charge is 0.480 e. The van der Waals surface area contributed by atoms with Crippen molar-refractivity contribution in [2.75, 3.05) is 6.54 Å². The number of benzene rings is 1.